The van der Waals surface area contributed by atoms with Gasteiger partial charge in [0.1, 0.15) is 0 Å². The van der Waals surface area contributed by atoms with E-state index in [9.17, 15) is 0 Å². The molecule has 2 aromatic carbocycles. The van der Waals surface area contributed by atoms with Gasteiger partial charge in [0, 0.05) is 17.8 Å². The van der Waals surface area contributed by atoms with Crippen LogP contribution in [-0.2, 0) is 0 Å². The molecule has 0 amide bonds. The first kappa shape index (κ1) is 19.9. The quantitative estimate of drug-likeness (QED) is 0.564. The fourth-order valence-electron chi connectivity index (χ4n) is 3.78. The van der Waals surface area contributed by atoms with E-state index in [0.717, 1.165) is 6.42 Å². The third kappa shape index (κ3) is 3.90. The Kier molecular flexibility index (Phi) is 5.64. The Labute approximate surface area is 168 Å². The smallest absolute Gasteiger partial charge is 0.174 e. The third-order valence-corrected chi connectivity index (χ3v) is 14.7. The minimum absolute atomic E-state index is 0.335. The molecule has 0 fully saturated rings. The summed E-state index contributed by atoms with van der Waals surface area (Å²) in [7, 11) is -2.97. The second-order valence-electron chi connectivity index (χ2n) is 9.13. The summed E-state index contributed by atoms with van der Waals surface area (Å²) in [4.78, 5) is 0. The molecule has 1 atom stereocenters. The first-order chi connectivity index (χ1) is 12.7. The van der Waals surface area contributed by atoms with Crippen LogP contribution in [0.5, 0.6) is 0 Å². The molecule has 0 N–H and O–H groups in total. The first-order valence-corrected chi connectivity index (χ1v) is 15.3. The maximum atomic E-state index is 2.71. The first-order valence-electron chi connectivity index (χ1n) is 10.0. The van der Waals surface area contributed by atoms with Crippen LogP contribution in [0.2, 0.25) is 24.7 Å². The molecule has 3 rings (SSSR count). The van der Waals surface area contributed by atoms with Gasteiger partial charge in [0.15, 0.2) is 8.96 Å². The van der Waals surface area contributed by atoms with Crippen LogP contribution < -0.4 is 9.75 Å². The second-order valence-corrected chi connectivity index (χ2v) is 17.0. The molecule has 0 radical (unpaired) electrons. The molecular formula is C24H33NSi2. The van der Waals surface area contributed by atoms with Crippen molar-refractivity contribution in [2.75, 3.05) is 4.57 Å². The van der Waals surface area contributed by atoms with E-state index in [1.165, 1.54) is 10.9 Å². The number of hydrogen-bond donors (Lipinski definition) is 0. The van der Waals surface area contributed by atoms with Crippen molar-refractivity contribution in [2.45, 2.75) is 51.9 Å². The van der Waals surface area contributed by atoms with E-state index in [0.29, 0.717) is 5.04 Å². The number of hydrogen-bond acceptors (Lipinski definition) is 1. The van der Waals surface area contributed by atoms with E-state index in [4.69, 9.17) is 0 Å². The SMILES string of the molecule is C[SiH](c1ccccc1)N(C1=C([Si](C)(C)C(C)(C)C)C=CC1)c1ccccc1. The summed E-state index contributed by atoms with van der Waals surface area (Å²) in [6.45, 7) is 14.8. The van der Waals surface area contributed by atoms with E-state index in [2.05, 4.69) is 118 Å². The van der Waals surface area contributed by atoms with Crippen LogP contribution in [0.1, 0.15) is 27.2 Å². The summed E-state index contributed by atoms with van der Waals surface area (Å²) in [5, 5.41) is 3.46. The van der Waals surface area contributed by atoms with Gasteiger partial charge in [-0.05, 0) is 34.1 Å². The van der Waals surface area contributed by atoms with E-state index in [-0.39, 0.29) is 0 Å². The van der Waals surface area contributed by atoms with Crippen molar-refractivity contribution < 1.29 is 0 Å². The lowest BCUT2D eigenvalue weighted by Crippen LogP contribution is -2.48. The summed E-state index contributed by atoms with van der Waals surface area (Å²) in [5.41, 5.74) is 2.89. The van der Waals surface area contributed by atoms with E-state index in [1.807, 2.05) is 0 Å². The number of rotatable bonds is 5. The predicted molar refractivity (Wildman–Crippen MR) is 126 cm³/mol. The van der Waals surface area contributed by atoms with Crippen molar-refractivity contribution in [1.29, 1.82) is 0 Å². The van der Waals surface area contributed by atoms with Crippen molar-refractivity contribution in [3.05, 3.63) is 83.7 Å². The normalized spacial score (nSPS) is 15.9. The Morgan fingerprint density at radius 3 is 2.00 bits per heavy atom. The average Bonchev–Trinajstić information content (AvgIpc) is 3.12. The maximum Gasteiger partial charge on any atom is 0.174 e. The van der Waals surface area contributed by atoms with Crippen molar-refractivity contribution >= 4 is 27.9 Å². The fourth-order valence-corrected chi connectivity index (χ4v) is 8.60. The molecule has 1 unspecified atom stereocenters. The van der Waals surface area contributed by atoms with Crippen LogP contribution in [0.3, 0.4) is 0 Å². The molecular weight excluding hydrogens is 358 g/mol. The average molecular weight is 392 g/mol. The number of benzene rings is 2. The van der Waals surface area contributed by atoms with Crippen molar-refractivity contribution in [1.82, 2.24) is 0 Å². The molecule has 0 spiro atoms. The van der Waals surface area contributed by atoms with Gasteiger partial charge in [0.2, 0.25) is 0 Å². The molecule has 0 aliphatic heterocycles. The molecule has 1 aliphatic carbocycles. The van der Waals surface area contributed by atoms with E-state index in [1.54, 1.807) is 10.9 Å². The van der Waals surface area contributed by atoms with E-state index < -0.39 is 17.0 Å². The van der Waals surface area contributed by atoms with Crippen molar-refractivity contribution in [2.24, 2.45) is 0 Å². The Morgan fingerprint density at radius 1 is 0.889 bits per heavy atom. The summed E-state index contributed by atoms with van der Waals surface area (Å²) in [5.74, 6) is 0. The maximum absolute atomic E-state index is 2.71. The van der Waals surface area contributed by atoms with Crippen LogP contribution >= 0.6 is 0 Å². The largest absolute Gasteiger partial charge is 0.371 e. The standard InChI is InChI=1S/C24H33NSi2/c1-24(2,3)27(5,6)23-19-13-18-22(23)25(20-14-9-7-10-15-20)26(4)21-16-11-8-12-17-21/h7-17,19,26H,18H2,1-6H3. The van der Waals surface area contributed by atoms with Crippen LogP contribution in [0.25, 0.3) is 0 Å². The molecule has 0 heterocycles. The molecule has 0 bridgehead atoms. The summed E-state index contributed by atoms with van der Waals surface area (Å²) < 4.78 is 2.71. The summed E-state index contributed by atoms with van der Waals surface area (Å²) >= 11 is 0. The molecule has 1 nitrogen and oxygen atoms in total. The zero-order valence-corrected chi connectivity index (χ0v) is 19.8. The molecule has 2 aromatic rings. The zero-order valence-electron chi connectivity index (χ0n) is 17.7. The molecule has 1 aliphatic rings. The van der Waals surface area contributed by atoms with Crippen LogP contribution in [0.4, 0.5) is 5.69 Å². The molecule has 142 valence electrons. The van der Waals surface area contributed by atoms with Gasteiger partial charge in [-0.3, -0.25) is 0 Å². The van der Waals surface area contributed by atoms with Crippen molar-refractivity contribution in [3.63, 3.8) is 0 Å². The number of anilines is 1. The van der Waals surface area contributed by atoms with E-state index >= 15 is 0 Å². The highest BCUT2D eigenvalue weighted by atomic mass is 28.3. The lowest BCUT2D eigenvalue weighted by atomic mass is 10.2. The Bertz CT molecular complexity index is 830. The highest BCUT2D eigenvalue weighted by Gasteiger charge is 2.41. The van der Waals surface area contributed by atoms with Gasteiger partial charge in [-0.25, -0.2) is 0 Å². The lowest BCUT2D eigenvalue weighted by Gasteiger charge is -2.41. The number of allylic oxidation sites excluding steroid dienone is 3. The minimum Gasteiger partial charge on any atom is -0.371 e. The predicted octanol–water partition coefficient (Wildman–Crippen LogP) is 6.02. The monoisotopic (exact) mass is 391 g/mol. The Balaban J connectivity index is 2.15. The Hall–Kier alpha value is -1.85. The zero-order chi connectivity index (χ0) is 19.7. The van der Waals surface area contributed by atoms with Crippen LogP contribution in [0.15, 0.2) is 83.7 Å². The number of nitrogens with zero attached hydrogens (tertiary/aromatic N) is 1. The molecule has 0 aromatic heterocycles. The van der Waals surface area contributed by atoms with Gasteiger partial charge >= 0.3 is 0 Å². The topological polar surface area (TPSA) is 3.24 Å². The fraction of sp³-hybridized carbons (Fsp3) is 0.333. The van der Waals surface area contributed by atoms with Gasteiger partial charge < -0.3 is 4.57 Å². The highest BCUT2D eigenvalue weighted by Crippen LogP contribution is 2.45. The van der Waals surface area contributed by atoms with Gasteiger partial charge in [-0.15, -0.1) is 0 Å². The summed E-state index contributed by atoms with van der Waals surface area (Å²) in [6.07, 6.45) is 5.88. The lowest BCUT2D eigenvalue weighted by molar-refractivity contribution is 0.725. The van der Waals surface area contributed by atoms with Crippen LogP contribution in [0, 0.1) is 0 Å². The number of para-hydroxylation sites is 1. The second kappa shape index (κ2) is 7.65. The minimum atomic E-state index is -1.60. The van der Waals surface area contributed by atoms with Gasteiger partial charge in [0.25, 0.3) is 0 Å². The van der Waals surface area contributed by atoms with Crippen LogP contribution in [-0.4, -0.2) is 17.0 Å². The molecule has 0 saturated carbocycles. The molecule has 0 saturated heterocycles. The highest BCUT2D eigenvalue weighted by molar-refractivity contribution is 6.88. The molecule has 3 heteroatoms. The molecule has 27 heavy (non-hydrogen) atoms. The van der Waals surface area contributed by atoms with Crippen molar-refractivity contribution in [3.8, 4) is 0 Å². The third-order valence-electron chi connectivity index (χ3n) is 6.45. The van der Waals surface area contributed by atoms with Gasteiger partial charge in [-0.2, -0.15) is 0 Å². The van der Waals surface area contributed by atoms with Gasteiger partial charge in [0.05, 0.1) is 8.07 Å². The Morgan fingerprint density at radius 2 is 1.44 bits per heavy atom. The van der Waals surface area contributed by atoms with Gasteiger partial charge in [-0.1, -0.05) is 94.5 Å². The summed E-state index contributed by atoms with van der Waals surface area (Å²) in [6, 6.07) is 22.1.